The zero-order chi connectivity index (χ0) is 14.1. The van der Waals surface area contributed by atoms with Crippen molar-refractivity contribution < 1.29 is 9.13 Å². The lowest BCUT2D eigenvalue weighted by Gasteiger charge is -2.12. The van der Waals surface area contributed by atoms with E-state index in [1.807, 2.05) is 12.1 Å². The number of para-hydroxylation sites is 1. The van der Waals surface area contributed by atoms with Crippen LogP contribution in [-0.4, -0.2) is 12.6 Å². The molecule has 0 fully saturated rings. The Morgan fingerprint density at radius 3 is 2.55 bits per heavy atom. The number of hydrazone groups is 1. The maximum absolute atomic E-state index is 13.8. The van der Waals surface area contributed by atoms with Gasteiger partial charge in [-0.15, -0.1) is 5.10 Å². The first-order valence-corrected chi connectivity index (χ1v) is 6.60. The number of rotatable bonds is 2. The predicted octanol–water partition coefficient (Wildman–Crippen LogP) is 4.29. The molecule has 1 aliphatic heterocycles. The maximum Gasteiger partial charge on any atom is 0.245 e. The first-order chi connectivity index (χ1) is 9.66. The minimum atomic E-state index is -0.475. The Hall–Kier alpha value is -1.78. The van der Waals surface area contributed by atoms with E-state index in [9.17, 15) is 4.39 Å². The van der Waals surface area contributed by atoms with Gasteiger partial charge in [0, 0.05) is 0 Å². The largest absolute Gasteiger partial charge is 0.453 e. The van der Waals surface area contributed by atoms with Gasteiger partial charge in [-0.05, 0) is 24.3 Å². The number of halogens is 3. The van der Waals surface area contributed by atoms with Gasteiger partial charge in [-0.25, -0.2) is 9.40 Å². The average molecular weight is 311 g/mol. The van der Waals surface area contributed by atoms with Gasteiger partial charge >= 0.3 is 0 Å². The molecule has 3 rings (SSSR count). The molecule has 0 unspecified atom stereocenters. The van der Waals surface area contributed by atoms with Crippen molar-refractivity contribution in [3.63, 3.8) is 0 Å². The van der Waals surface area contributed by atoms with E-state index in [1.165, 1.54) is 12.1 Å². The zero-order valence-corrected chi connectivity index (χ0v) is 11.7. The summed E-state index contributed by atoms with van der Waals surface area (Å²) >= 11 is 12.1. The summed E-state index contributed by atoms with van der Waals surface area (Å²) in [4.78, 5) is 0. The number of benzene rings is 2. The van der Waals surface area contributed by atoms with Crippen LogP contribution >= 0.6 is 23.2 Å². The zero-order valence-electron chi connectivity index (χ0n) is 10.2. The summed E-state index contributed by atoms with van der Waals surface area (Å²) in [5.41, 5.74) is 0.848. The van der Waals surface area contributed by atoms with Crippen LogP contribution < -0.4 is 5.01 Å². The topological polar surface area (TPSA) is 24.8 Å². The highest BCUT2D eigenvalue weighted by molar-refractivity contribution is 6.34. The Kier molecular flexibility index (Phi) is 3.51. The molecule has 102 valence electrons. The highest BCUT2D eigenvalue weighted by Crippen LogP contribution is 2.29. The van der Waals surface area contributed by atoms with E-state index in [0.717, 1.165) is 0 Å². The molecule has 0 aliphatic carbocycles. The minimum absolute atomic E-state index is 0.146. The molecule has 6 heteroatoms. The third kappa shape index (κ3) is 2.32. The van der Waals surface area contributed by atoms with E-state index in [0.29, 0.717) is 10.7 Å². The van der Waals surface area contributed by atoms with E-state index < -0.39 is 5.82 Å². The summed E-state index contributed by atoms with van der Waals surface area (Å²) in [6, 6.07) is 11.6. The third-order valence-corrected chi connectivity index (χ3v) is 3.48. The SMILES string of the molecule is Fc1cccc(Cl)c1C1=NN(c2ccccc2Cl)CO1. The summed E-state index contributed by atoms with van der Waals surface area (Å²) in [5, 5.41) is 6.58. The van der Waals surface area contributed by atoms with Gasteiger partial charge in [0.2, 0.25) is 5.90 Å². The molecule has 20 heavy (non-hydrogen) atoms. The molecule has 1 aliphatic rings. The number of ether oxygens (including phenoxy) is 1. The molecule has 0 bridgehead atoms. The molecule has 0 atom stereocenters. The van der Waals surface area contributed by atoms with Crippen molar-refractivity contribution in [3.8, 4) is 0 Å². The Balaban J connectivity index is 1.99. The normalized spacial score (nSPS) is 14.2. The highest BCUT2D eigenvalue weighted by Gasteiger charge is 2.24. The van der Waals surface area contributed by atoms with Gasteiger partial charge in [0.25, 0.3) is 0 Å². The Bertz CT molecular complexity index is 670. The van der Waals surface area contributed by atoms with Gasteiger partial charge in [-0.3, -0.25) is 0 Å². The molecule has 0 amide bonds. The molecule has 0 aromatic heterocycles. The van der Waals surface area contributed by atoms with Crippen LogP contribution in [0.1, 0.15) is 5.56 Å². The van der Waals surface area contributed by atoms with E-state index in [2.05, 4.69) is 5.10 Å². The molecule has 2 aromatic carbocycles. The quantitative estimate of drug-likeness (QED) is 0.826. The highest BCUT2D eigenvalue weighted by atomic mass is 35.5. The minimum Gasteiger partial charge on any atom is -0.453 e. The van der Waals surface area contributed by atoms with Gasteiger partial charge in [0.05, 0.1) is 21.3 Å². The second kappa shape index (κ2) is 5.31. The Morgan fingerprint density at radius 1 is 1.05 bits per heavy atom. The van der Waals surface area contributed by atoms with Crippen LogP contribution in [0.25, 0.3) is 0 Å². The van der Waals surface area contributed by atoms with Crippen LogP contribution in [0.2, 0.25) is 10.0 Å². The standard InChI is InChI=1S/C14H9Cl2FN2O/c15-9-4-1-2-7-12(9)19-8-20-14(18-19)13-10(16)5-3-6-11(13)17/h1-7H,8H2. The molecule has 0 spiro atoms. The van der Waals surface area contributed by atoms with Crippen molar-refractivity contribution in [1.82, 2.24) is 0 Å². The molecule has 3 nitrogen and oxygen atoms in total. The van der Waals surface area contributed by atoms with Crippen molar-refractivity contribution in [2.24, 2.45) is 5.10 Å². The summed E-state index contributed by atoms with van der Waals surface area (Å²) in [7, 11) is 0. The molecule has 0 saturated heterocycles. The molecular weight excluding hydrogens is 302 g/mol. The van der Waals surface area contributed by atoms with E-state index in [-0.39, 0.29) is 23.2 Å². The van der Waals surface area contributed by atoms with Crippen LogP contribution in [0.5, 0.6) is 0 Å². The monoisotopic (exact) mass is 310 g/mol. The summed E-state index contributed by atoms with van der Waals surface area (Å²) in [6.07, 6.45) is 0. The fraction of sp³-hybridized carbons (Fsp3) is 0.0714. The fourth-order valence-corrected chi connectivity index (χ4v) is 2.38. The number of nitrogens with zero attached hydrogens (tertiary/aromatic N) is 2. The van der Waals surface area contributed by atoms with Crippen molar-refractivity contribution in [2.45, 2.75) is 0 Å². The van der Waals surface area contributed by atoms with E-state index in [4.69, 9.17) is 27.9 Å². The van der Waals surface area contributed by atoms with Crippen LogP contribution in [0.15, 0.2) is 47.6 Å². The molecule has 0 radical (unpaired) electrons. The third-order valence-electron chi connectivity index (χ3n) is 2.84. The number of anilines is 1. The average Bonchev–Trinajstić information content (AvgIpc) is 2.88. The Labute approximate surface area is 125 Å². The van der Waals surface area contributed by atoms with Gasteiger partial charge in [0.1, 0.15) is 5.82 Å². The summed E-state index contributed by atoms with van der Waals surface area (Å²) in [6.45, 7) is 0.156. The smallest absolute Gasteiger partial charge is 0.245 e. The van der Waals surface area contributed by atoms with Gasteiger partial charge < -0.3 is 4.74 Å². The summed E-state index contributed by atoms with van der Waals surface area (Å²) < 4.78 is 19.2. The predicted molar refractivity (Wildman–Crippen MR) is 77.8 cm³/mol. The second-order valence-corrected chi connectivity index (χ2v) is 4.94. The number of hydrogen-bond acceptors (Lipinski definition) is 3. The van der Waals surface area contributed by atoms with Crippen molar-refractivity contribution in [3.05, 3.63) is 63.9 Å². The molecule has 1 heterocycles. The van der Waals surface area contributed by atoms with Crippen molar-refractivity contribution in [2.75, 3.05) is 11.7 Å². The molecule has 0 saturated carbocycles. The van der Waals surface area contributed by atoms with Gasteiger partial charge in [0.15, 0.2) is 6.73 Å². The lowest BCUT2D eigenvalue weighted by molar-refractivity contribution is 0.337. The maximum atomic E-state index is 13.8. The lowest BCUT2D eigenvalue weighted by Crippen LogP contribution is -2.13. The van der Waals surface area contributed by atoms with Crippen LogP contribution in [-0.2, 0) is 4.74 Å². The summed E-state index contributed by atoms with van der Waals surface area (Å²) in [5.74, 6) is -0.328. The van der Waals surface area contributed by atoms with Crippen LogP contribution in [0, 0.1) is 5.82 Å². The van der Waals surface area contributed by atoms with E-state index in [1.54, 1.807) is 23.2 Å². The first-order valence-electron chi connectivity index (χ1n) is 5.84. The molecule has 0 N–H and O–H groups in total. The van der Waals surface area contributed by atoms with E-state index >= 15 is 0 Å². The Morgan fingerprint density at radius 2 is 1.80 bits per heavy atom. The second-order valence-electron chi connectivity index (χ2n) is 4.13. The molecular formula is C14H9Cl2FN2O. The van der Waals surface area contributed by atoms with Gasteiger partial charge in [-0.2, -0.15) is 0 Å². The lowest BCUT2D eigenvalue weighted by atomic mass is 10.2. The van der Waals surface area contributed by atoms with Crippen molar-refractivity contribution in [1.29, 1.82) is 0 Å². The van der Waals surface area contributed by atoms with Crippen LogP contribution in [0.4, 0.5) is 10.1 Å². The molecule has 2 aromatic rings. The van der Waals surface area contributed by atoms with Gasteiger partial charge in [-0.1, -0.05) is 41.4 Å². The first kappa shape index (κ1) is 13.2. The fourth-order valence-electron chi connectivity index (χ4n) is 1.90. The van der Waals surface area contributed by atoms with Crippen molar-refractivity contribution >= 4 is 34.8 Å². The van der Waals surface area contributed by atoms with Crippen LogP contribution in [0.3, 0.4) is 0 Å². The number of hydrogen-bond donors (Lipinski definition) is 0.